The van der Waals surface area contributed by atoms with Gasteiger partial charge in [0.25, 0.3) is 0 Å². The van der Waals surface area contributed by atoms with E-state index >= 15 is 0 Å². The molecule has 2 unspecified atom stereocenters. The molecule has 0 aliphatic heterocycles. The van der Waals surface area contributed by atoms with Crippen molar-refractivity contribution >= 4 is 5.91 Å². The molecular formula is C10H22N2O3. The fraction of sp³-hybridized carbons (Fsp3) is 0.900. The minimum atomic E-state index is -0.247. The summed E-state index contributed by atoms with van der Waals surface area (Å²) >= 11 is 0. The predicted octanol–water partition coefficient (Wildman–Crippen LogP) is -0.502. The van der Waals surface area contributed by atoms with Gasteiger partial charge in [0.15, 0.2) is 0 Å². The molecule has 90 valence electrons. The largest absolute Gasteiger partial charge is 0.396 e. The van der Waals surface area contributed by atoms with Crippen LogP contribution < -0.4 is 10.6 Å². The van der Waals surface area contributed by atoms with Gasteiger partial charge in [0.05, 0.1) is 12.6 Å². The quantitative estimate of drug-likeness (QED) is 0.480. The van der Waals surface area contributed by atoms with Gasteiger partial charge in [0.1, 0.15) is 0 Å². The summed E-state index contributed by atoms with van der Waals surface area (Å²) in [5.74, 6) is -0.0446. The Kier molecular flexibility index (Phi) is 8.27. The summed E-state index contributed by atoms with van der Waals surface area (Å²) in [6.07, 6.45) is 0.649. The van der Waals surface area contributed by atoms with Crippen molar-refractivity contribution in [2.45, 2.75) is 32.4 Å². The van der Waals surface area contributed by atoms with Crippen LogP contribution in [0.4, 0.5) is 0 Å². The van der Waals surface area contributed by atoms with Gasteiger partial charge in [-0.3, -0.25) is 4.79 Å². The fourth-order valence-corrected chi connectivity index (χ4v) is 1.21. The Bertz CT molecular complexity index is 176. The van der Waals surface area contributed by atoms with Crippen molar-refractivity contribution in [3.63, 3.8) is 0 Å². The van der Waals surface area contributed by atoms with E-state index in [9.17, 15) is 4.79 Å². The van der Waals surface area contributed by atoms with E-state index in [4.69, 9.17) is 9.84 Å². The molecule has 0 aromatic carbocycles. The zero-order valence-corrected chi connectivity index (χ0v) is 9.75. The van der Waals surface area contributed by atoms with Crippen molar-refractivity contribution in [1.82, 2.24) is 10.6 Å². The van der Waals surface area contributed by atoms with E-state index in [1.165, 1.54) is 0 Å². The number of aliphatic hydroxyl groups excluding tert-OH is 1. The lowest BCUT2D eigenvalue weighted by Gasteiger charge is -2.18. The SMILES string of the molecule is COCCNC(=O)C(C)NC(C)CCO. The second-order valence-electron chi connectivity index (χ2n) is 3.59. The van der Waals surface area contributed by atoms with Crippen LogP contribution in [0.3, 0.4) is 0 Å². The van der Waals surface area contributed by atoms with Crippen molar-refractivity contribution in [2.75, 3.05) is 26.9 Å². The van der Waals surface area contributed by atoms with E-state index < -0.39 is 0 Å². The Hall–Kier alpha value is -0.650. The van der Waals surface area contributed by atoms with Gasteiger partial charge in [0, 0.05) is 26.3 Å². The molecule has 0 saturated heterocycles. The highest BCUT2D eigenvalue weighted by Crippen LogP contribution is 1.92. The lowest BCUT2D eigenvalue weighted by molar-refractivity contribution is -0.123. The molecule has 2 atom stereocenters. The van der Waals surface area contributed by atoms with E-state index in [0.717, 1.165) is 0 Å². The molecule has 3 N–H and O–H groups in total. The van der Waals surface area contributed by atoms with E-state index in [1.807, 2.05) is 6.92 Å². The summed E-state index contributed by atoms with van der Waals surface area (Å²) in [5, 5.41) is 14.5. The van der Waals surface area contributed by atoms with Crippen LogP contribution >= 0.6 is 0 Å². The van der Waals surface area contributed by atoms with Gasteiger partial charge in [-0.15, -0.1) is 0 Å². The van der Waals surface area contributed by atoms with Crippen molar-refractivity contribution in [2.24, 2.45) is 0 Å². The number of aliphatic hydroxyl groups is 1. The Morgan fingerprint density at radius 1 is 1.47 bits per heavy atom. The highest BCUT2D eigenvalue weighted by Gasteiger charge is 2.13. The molecule has 1 amide bonds. The summed E-state index contributed by atoms with van der Waals surface area (Å²) < 4.78 is 4.82. The minimum Gasteiger partial charge on any atom is -0.396 e. The molecule has 0 radical (unpaired) electrons. The zero-order chi connectivity index (χ0) is 11.7. The first-order valence-corrected chi connectivity index (χ1v) is 5.25. The van der Waals surface area contributed by atoms with Gasteiger partial charge in [-0.1, -0.05) is 0 Å². The Labute approximate surface area is 91.2 Å². The number of amides is 1. The minimum absolute atomic E-state index is 0.0446. The highest BCUT2D eigenvalue weighted by molar-refractivity contribution is 5.81. The fourth-order valence-electron chi connectivity index (χ4n) is 1.21. The number of carbonyl (C=O) groups excluding carboxylic acids is 1. The van der Waals surface area contributed by atoms with Crippen LogP contribution in [0.25, 0.3) is 0 Å². The molecular weight excluding hydrogens is 196 g/mol. The maximum absolute atomic E-state index is 11.5. The topological polar surface area (TPSA) is 70.6 Å². The molecule has 0 aliphatic rings. The first-order valence-electron chi connectivity index (χ1n) is 5.25. The normalized spacial score (nSPS) is 14.7. The first-order chi connectivity index (χ1) is 7.11. The summed E-state index contributed by atoms with van der Waals surface area (Å²) in [6, 6.07) is -0.110. The lowest BCUT2D eigenvalue weighted by Crippen LogP contribution is -2.46. The molecule has 5 nitrogen and oxygen atoms in total. The number of carbonyl (C=O) groups is 1. The predicted molar refractivity (Wildman–Crippen MR) is 58.6 cm³/mol. The lowest BCUT2D eigenvalue weighted by atomic mass is 10.2. The molecule has 0 aromatic rings. The molecule has 0 aliphatic carbocycles. The van der Waals surface area contributed by atoms with Crippen LogP contribution in [0.5, 0.6) is 0 Å². The van der Waals surface area contributed by atoms with E-state index in [2.05, 4.69) is 10.6 Å². The van der Waals surface area contributed by atoms with E-state index in [1.54, 1.807) is 14.0 Å². The average molecular weight is 218 g/mol. The van der Waals surface area contributed by atoms with Gasteiger partial charge >= 0.3 is 0 Å². The molecule has 0 spiro atoms. The van der Waals surface area contributed by atoms with Crippen LogP contribution in [0.15, 0.2) is 0 Å². The maximum Gasteiger partial charge on any atom is 0.236 e. The molecule has 15 heavy (non-hydrogen) atoms. The second-order valence-corrected chi connectivity index (χ2v) is 3.59. The Morgan fingerprint density at radius 2 is 2.13 bits per heavy atom. The number of hydrogen-bond acceptors (Lipinski definition) is 4. The smallest absolute Gasteiger partial charge is 0.236 e. The van der Waals surface area contributed by atoms with Crippen LogP contribution in [0.2, 0.25) is 0 Å². The highest BCUT2D eigenvalue weighted by atomic mass is 16.5. The summed E-state index contributed by atoms with van der Waals surface area (Å²) in [4.78, 5) is 11.5. The van der Waals surface area contributed by atoms with Gasteiger partial charge in [-0.2, -0.15) is 0 Å². The van der Waals surface area contributed by atoms with E-state index in [-0.39, 0.29) is 24.6 Å². The zero-order valence-electron chi connectivity index (χ0n) is 9.75. The third-order valence-electron chi connectivity index (χ3n) is 2.10. The molecule has 0 heterocycles. The molecule has 0 aromatic heterocycles. The van der Waals surface area contributed by atoms with Crippen molar-refractivity contribution in [1.29, 1.82) is 0 Å². The van der Waals surface area contributed by atoms with Gasteiger partial charge < -0.3 is 20.5 Å². The van der Waals surface area contributed by atoms with Gasteiger partial charge in [0.2, 0.25) is 5.91 Å². The van der Waals surface area contributed by atoms with Crippen LogP contribution in [-0.2, 0) is 9.53 Å². The third-order valence-corrected chi connectivity index (χ3v) is 2.10. The van der Waals surface area contributed by atoms with Crippen molar-refractivity contribution in [3.8, 4) is 0 Å². The summed E-state index contributed by atoms with van der Waals surface area (Å²) in [7, 11) is 1.59. The number of rotatable bonds is 8. The molecule has 0 fully saturated rings. The monoisotopic (exact) mass is 218 g/mol. The van der Waals surface area contributed by atoms with E-state index in [0.29, 0.717) is 19.6 Å². The van der Waals surface area contributed by atoms with Gasteiger partial charge in [-0.05, 0) is 20.3 Å². The number of methoxy groups -OCH3 is 1. The number of hydrogen-bond donors (Lipinski definition) is 3. The maximum atomic E-state index is 11.5. The molecule has 0 bridgehead atoms. The summed E-state index contributed by atoms with van der Waals surface area (Å²) in [6.45, 7) is 4.91. The van der Waals surface area contributed by atoms with Crippen LogP contribution in [0, 0.1) is 0 Å². The first kappa shape index (κ1) is 14.3. The molecule has 0 rings (SSSR count). The van der Waals surface area contributed by atoms with Gasteiger partial charge in [-0.25, -0.2) is 0 Å². The number of ether oxygens (including phenoxy) is 1. The third kappa shape index (κ3) is 7.30. The van der Waals surface area contributed by atoms with Crippen molar-refractivity contribution < 1.29 is 14.6 Å². The second kappa shape index (κ2) is 8.64. The van der Waals surface area contributed by atoms with Crippen LogP contribution in [0.1, 0.15) is 20.3 Å². The average Bonchev–Trinajstić information content (AvgIpc) is 2.18. The Morgan fingerprint density at radius 3 is 2.67 bits per heavy atom. The number of nitrogens with one attached hydrogen (secondary N) is 2. The Balaban J connectivity index is 3.68. The summed E-state index contributed by atoms with van der Waals surface area (Å²) in [5.41, 5.74) is 0. The van der Waals surface area contributed by atoms with Crippen molar-refractivity contribution in [3.05, 3.63) is 0 Å². The molecule has 0 saturated carbocycles. The molecule has 5 heteroatoms. The standard InChI is InChI=1S/C10H22N2O3/c1-8(4-6-13)12-9(2)10(14)11-5-7-15-3/h8-9,12-13H,4-7H2,1-3H3,(H,11,14). The van der Waals surface area contributed by atoms with Crippen LogP contribution in [-0.4, -0.2) is 50.0 Å².